The zero-order valence-corrected chi connectivity index (χ0v) is 30.9. The van der Waals surface area contributed by atoms with Gasteiger partial charge in [0.1, 0.15) is 16.7 Å². The lowest BCUT2D eigenvalue weighted by Gasteiger charge is -2.30. The van der Waals surface area contributed by atoms with Crippen LogP contribution in [0.4, 0.5) is 17.1 Å². The van der Waals surface area contributed by atoms with Gasteiger partial charge in [-0.15, -0.1) is 0 Å². The Kier molecular flexibility index (Phi) is 6.31. The minimum absolute atomic E-state index is 0.179. The maximum absolute atomic E-state index is 14.5. The van der Waals surface area contributed by atoms with Crippen molar-refractivity contribution in [3.8, 4) is 22.3 Å². The van der Waals surface area contributed by atoms with E-state index in [1.54, 1.807) is 30.3 Å². The molecule has 264 valence electrons. The lowest BCUT2D eigenvalue weighted by atomic mass is 9.82. The predicted octanol–water partition coefficient (Wildman–Crippen LogP) is 12.3. The Labute approximate surface area is 316 Å². The number of fused-ring (bicyclic) bond motifs is 10. The van der Waals surface area contributed by atoms with Gasteiger partial charge in [0.15, 0.2) is 5.58 Å². The summed E-state index contributed by atoms with van der Waals surface area (Å²) in [6, 6.07) is 46.9. The van der Waals surface area contributed by atoms with Crippen molar-refractivity contribution < 1.29 is 8.83 Å². The average molecular weight is 714 g/mol. The van der Waals surface area contributed by atoms with Crippen LogP contribution in [0.1, 0.15) is 49.9 Å². The van der Waals surface area contributed by atoms with Crippen molar-refractivity contribution >= 4 is 60.9 Å². The molecule has 0 spiro atoms. The van der Waals surface area contributed by atoms with Crippen molar-refractivity contribution in [2.24, 2.45) is 0 Å². The van der Waals surface area contributed by atoms with Gasteiger partial charge in [0.2, 0.25) is 10.9 Å². The minimum Gasteiger partial charge on any atom is -0.456 e. The number of anilines is 3. The Balaban J connectivity index is 1.18. The molecular weight excluding hydrogens is 679 g/mol. The smallest absolute Gasteiger partial charge is 0.200 e. The third-order valence-corrected chi connectivity index (χ3v) is 12.3. The van der Waals surface area contributed by atoms with E-state index in [4.69, 9.17) is 8.83 Å². The Hall–Kier alpha value is -6.72. The quantitative estimate of drug-likeness (QED) is 0.171. The second kappa shape index (κ2) is 10.9. The first-order valence-electron chi connectivity index (χ1n) is 18.8. The molecule has 7 aromatic carbocycles. The molecule has 0 radical (unpaired) electrons. The van der Waals surface area contributed by atoms with E-state index in [-0.39, 0.29) is 21.7 Å². The summed E-state index contributed by atoms with van der Waals surface area (Å²) in [4.78, 5) is 30.3. The Morgan fingerprint density at radius 1 is 0.418 bits per heavy atom. The van der Waals surface area contributed by atoms with Crippen molar-refractivity contribution in [2.45, 2.75) is 38.5 Å². The van der Waals surface area contributed by atoms with E-state index in [2.05, 4.69) is 118 Å². The van der Waals surface area contributed by atoms with Gasteiger partial charge in [-0.05, 0) is 99.1 Å². The highest BCUT2D eigenvalue weighted by Crippen LogP contribution is 2.53. The molecular formula is C50H35NO4. The monoisotopic (exact) mass is 713 g/mol. The second-order valence-corrected chi connectivity index (χ2v) is 16.0. The highest BCUT2D eigenvalue weighted by Gasteiger charge is 2.38. The molecule has 5 nitrogen and oxygen atoms in total. The molecule has 0 N–H and O–H groups in total. The van der Waals surface area contributed by atoms with Gasteiger partial charge in [0.25, 0.3) is 0 Å². The van der Waals surface area contributed by atoms with Crippen LogP contribution in [0.25, 0.3) is 66.1 Å². The molecule has 2 aliphatic rings. The first kappa shape index (κ1) is 31.8. The van der Waals surface area contributed by atoms with E-state index in [0.717, 1.165) is 17.1 Å². The van der Waals surface area contributed by atoms with Crippen molar-refractivity contribution in [1.29, 1.82) is 0 Å². The molecule has 0 aliphatic heterocycles. The molecule has 2 heterocycles. The molecule has 55 heavy (non-hydrogen) atoms. The lowest BCUT2D eigenvalue weighted by molar-refractivity contribution is 0.646. The molecule has 0 saturated carbocycles. The Morgan fingerprint density at radius 3 is 1.56 bits per heavy atom. The minimum atomic E-state index is -0.216. The fourth-order valence-corrected chi connectivity index (χ4v) is 9.42. The third kappa shape index (κ3) is 4.29. The fourth-order valence-electron chi connectivity index (χ4n) is 9.42. The third-order valence-electron chi connectivity index (χ3n) is 12.3. The van der Waals surface area contributed by atoms with Crippen LogP contribution in [0.3, 0.4) is 0 Å². The van der Waals surface area contributed by atoms with E-state index in [1.165, 1.54) is 44.5 Å². The molecule has 11 rings (SSSR count). The standard InChI is InChI=1S/C50H35NO4/c1-49(2)38-16-8-5-12-30(38)32-22-20-28(24-40(32)49)51(29-21-23-33-31-13-6-9-17-39(31)50(3,4)41(33)25-29)42-18-11-15-35-47(53)37-26-36-44(27-45(37)55-48(35)42)54-43-19-10-7-14-34(43)46(36)52/h5-27H,1-4H3. The van der Waals surface area contributed by atoms with Crippen molar-refractivity contribution in [3.63, 3.8) is 0 Å². The van der Waals surface area contributed by atoms with E-state index < -0.39 is 0 Å². The summed E-state index contributed by atoms with van der Waals surface area (Å²) >= 11 is 0. The summed E-state index contributed by atoms with van der Waals surface area (Å²) in [6.45, 7) is 9.15. The van der Waals surface area contributed by atoms with Gasteiger partial charge >= 0.3 is 0 Å². The van der Waals surface area contributed by atoms with Crippen LogP contribution in [-0.4, -0.2) is 0 Å². The van der Waals surface area contributed by atoms with Crippen molar-refractivity contribution in [3.05, 3.63) is 182 Å². The number of hydrogen-bond acceptors (Lipinski definition) is 5. The fraction of sp³-hybridized carbons (Fsp3) is 0.120. The molecule has 0 atom stereocenters. The van der Waals surface area contributed by atoms with Crippen molar-refractivity contribution in [2.75, 3.05) is 4.90 Å². The Bertz CT molecular complexity index is 3170. The molecule has 2 aromatic heterocycles. The molecule has 5 heteroatoms. The second-order valence-electron chi connectivity index (χ2n) is 16.0. The van der Waals surface area contributed by atoms with Crippen LogP contribution >= 0.6 is 0 Å². The number of rotatable bonds is 3. The lowest BCUT2D eigenvalue weighted by Crippen LogP contribution is -2.18. The van der Waals surface area contributed by atoms with Crippen LogP contribution in [0.5, 0.6) is 0 Å². The van der Waals surface area contributed by atoms with Gasteiger partial charge in [-0.25, -0.2) is 0 Å². The first-order valence-corrected chi connectivity index (χ1v) is 18.8. The van der Waals surface area contributed by atoms with Crippen molar-refractivity contribution in [1.82, 2.24) is 0 Å². The maximum Gasteiger partial charge on any atom is 0.200 e. The number of para-hydroxylation sites is 2. The largest absolute Gasteiger partial charge is 0.456 e. The summed E-state index contributed by atoms with van der Waals surface area (Å²) < 4.78 is 13.0. The summed E-state index contributed by atoms with van der Waals surface area (Å²) in [5, 5.41) is 1.58. The number of benzene rings is 7. The van der Waals surface area contributed by atoms with E-state index >= 15 is 0 Å². The van der Waals surface area contributed by atoms with Gasteiger partial charge < -0.3 is 13.7 Å². The molecule has 9 aromatic rings. The van der Waals surface area contributed by atoms with E-state index in [9.17, 15) is 9.59 Å². The van der Waals surface area contributed by atoms with E-state index in [0.29, 0.717) is 43.9 Å². The molecule has 0 unspecified atom stereocenters. The summed E-state index contributed by atoms with van der Waals surface area (Å²) in [6.07, 6.45) is 0. The summed E-state index contributed by atoms with van der Waals surface area (Å²) in [5.41, 5.74) is 13.6. The highest BCUT2D eigenvalue weighted by atomic mass is 16.3. The van der Waals surface area contributed by atoms with Gasteiger partial charge in [-0.1, -0.05) is 107 Å². The highest BCUT2D eigenvalue weighted by molar-refractivity contribution is 6.04. The van der Waals surface area contributed by atoms with Gasteiger partial charge in [-0.2, -0.15) is 0 Å². The van der Waals surface area contributed by atoms with Gasteiger partial charge in [0, 0.05) is 28.3 Å². The topological polar surface area (TPSA) is 63.7 Å². The van der Waals surface area contributed by atoms with Gasteiger partial charge in [0.05, 0.1) is 27.2 Å². The van der Waals surface area contributed by atoms with Crippen LogP contribution in [0.15, 0.2) is 158 Å². The van der Waals surface area contributed by atoms with E-state index in [1.807, 2.05) is 24.3 Å². The molecule has 0 saturated heterocycles. The SMILES string of the molecule is CC1(C)c2ccccc2-c2ccc(N(c3ccc4c(c3)C(C)(C)c3ccccc3-4)c3cccc4c(=O)c5cc6c(=O)c7ccccc7oc6cc5oc34)cc21. The number of nitrogens with zero attached hydrogens (tertiary/aromatic N) is 1. The molecule has 0 fully saturated rings. The zero-order valence-electron chi connectivity index (χ0n) is 30.9. The average Bonchev–Trinajstić information content (AvgIpc) is 3.57. The Morgan fingerprint density at radius 2 is 0.927 bits per heavy atom. The van der Waals surface area contributed by atoms with Crippen LogP contribution in [0.2, 0.25) is 0 Å². The van der Waals surface area contributed by atoms with Crippen LogP contribution in [-0.2, 0) is 10.8 Å². The molecule has 2 aliphatic carbocycles. The molecule has 0 amide bonds. The maximum atomic E-state index is 14.5. The predicted molar refractivity (Wildman–Crippen MR) is 223 cm³/mol. The normalized spacial score (nSPS) is 14.6. The first-order chi connectivity index (χ1) is 26.6. The summed E-state index contributed by atoms with van der Waals surface area (Å²) in [7, 11) is 0. The van der Waals surface area contributed by atoms with Crippen LogP contribution < -0.4 is 15.8 Å². The van der Waals surface area contributed by atoms with Gasteiger partial charge in [-0.3, -0.25) is 9.59 Å². The van der Waals surface area contributed by atoms with Crippen LogP contribution in [0, 0.1) is 0 Å². The zero-order chi connectivity index (χ0) is 37.4. The number of hydrogen-bond donors (Lipinski definition) is 0. The molecule has 0 bridgehead atoms. The summed E-state index contributed by atoms with van der Waals surface area (Å²) in [5.74, 6) is 0.